The summed E-state index contributed by atoms with van der Waals surface area (Å²) < 4.78 is 6.83. The Morgan fingerprint density at radius 2 is 1.71 bits per heavy atom. The maximum atomic E-state index is 5.68. The van der Waals surface area contributed by atoms with Crippen LogP contribution in [-0.4, -0.2) is 19.2 Å². The molecule has 1 saturated carbocycles. The monoisotopic (exact) mass is 345 g/mol. The Morgan fingerprint density at radius 1 is 1.00 bits per heavy atom. The van der Waals surface area contributed by atoms with Gasteiger partial charge in [0.15, 0.2) is 0 Å². The van der Waals surface area contributed by atoms with Crippen molar-refractivity contribution in [2.45, 2.75) is 24.8 Å². The van der Waals surface area contributed by atoms with E-state index in [1.165, 1.54) is 18.4 Å². The van der Waals surface area contributed by atoms with Crippen LogP contribution in [0.4, 0.5) is 0 Å². The SMILES string of the molecule is Brc1ccc(C2CC(NCCOc3ccccc3)C2)cc1. The summed E-state index contributed by atoms with van der Waals surface area (Å²) in [4.78, 5) is 0. The molecule has 0 amide bonds. The fraction of sp³-hybridized carbons (Fsp3) is 0.333. The smallest absolute Gasteiger partial charge is 0.119 e. The predicted octanol–water partition coefficient (Wildman–Crippen LogP) is 4.36. The number of halogens is 1. The zero-order valence-electron chi connectivity index (χ0n) is 12.0. The number of rotatable bonds is 6. The molecule has 0 bridgehead atoms. The topological polar surface area (TPSA) is 21.3 Å². The molecule has 3 rings (SSSR count). The van der Waals surface area contributed by atoms with Crippen LogP contribution in [-0.2, 0) is 0 Å². The summed E-state index contributed by atoms with van der Waals surface area (Å²) in [6, 6.07) is 19.3. The minimum Gasteiger partial charge on any atom is -0.492 e. The van der Waals surface area contributed by atoms with Crippen LogP contribution in [0.5, 0.6) is 5.75 Å². The minimum absolute atomic E-state index is 0.637. The summed E-state index contributed by atoms with van der Waals surface area (Å²) in [5, 5.41) is 3.57. The van der Waals surface area contributed by atoms with Gasteiger partial charge in [-0.15, -0.1) is 0 Å². The van der Waals surface area contributed by atoms with Crippen LogP contribution in [0, 0.1) is 0 Å². The standard InChI is InChI=1S/C18H20BrNO/c19-16-8-6-14(7-9-16)15-12-17(13-15)20-10-11-21-18-4-2-1-3-5-18/h1-9,15,17,20H,10-13H2. The van der Waals surface area contributed by atoms with Crippen molar-refractivity contribution in [3.05, 3.63) is 64.6 Å². The quantitative estimate of drug-likeness (QED) is 0.785. The molecule has 21 heavy (non-hydrogen) atoms. The van der Waals surface area contributed by atoms with Crippen LogP contribution in [0.25, 0.3) is 0 Å². The van der Waals surface area contributed by atoms with E-state index in [0.29, 0.717) is 12.0 Å². The third-order valence-electron chi connectivity index (χ3n) is 4.03. The summed E-state index contributed by atoms with van der Waals surface area (Å²) in [6.45, 7) is 1.64. The van der Waals surface area contributed by atoms with Gasteiger partial charge in [0.1, 0.15) is 12.4 Å². The van der Waals surface area contributed by atoms with E-state index in [1.807, 2.05) is 30.3 Å². The van der Waals surface area contributed by atoms with Crippen molar-refractivity contribution in [1.82, 2.24) is 5.32 Å². The van der Waals surface area contributed by atoms with Gasteiger partial charge in [-0.3, -0.25) is 0 Å². The van der Waals surface area contributed by atoms with Crippen molar-refractivity contribution < 1.29 is 4.74 Å². The maximum absolute atomic E-state index is 5.68. The van der Waals surface area contributed by atoms with Gasteiger partial charge in [0, 0.05) is 17.1 Å². The highest BCUT2D eigenvalue weighted by atomic mass is 79.9. The fourth-order valence-electron chi connectivity index (χ4n) is 2.74. The molecule has 2 nitrogen and oxygen atoms in total. The lowest BCUT2D eigenvalue weighted by Crippen LogP contribution is -2.41. The van der Waals surface area contributed by atoms with Crippen LogP contribution in [0.15, 0.2) is 59.1 Å². The molecule has 1 fully saturated rings. The van der Waals surface area contributed by atoms with E-state index < -0.39 is 0 Å². The van der Waals surface area contributed by atoms with Crippen molar-refractivity contribution in [2.75, 3.05) is 13.2 Å². The summed E-state index contributed by atoms with van der Waals surface area (Å²) >= 11 is 3.48. The molecule has 2 aromatic carbocycles. The molecule has 0 radical (unpaired) electrons. The van der Waals surface area contributed by atoms with E-state index in [2.05, 4.69) is 45.5 Å². The first kappa shape index (κ1) is 14.6. The van der Waals surface area contributed by atoms with Crippen LogP contribution in [0.1, 0.15) is 24.3 Å². The Hall–Kier alpha value is -1.32. The largest absolute Gasteiger partial charge is 0.492 e. The van der Waals surface area contributed by atoms with E-state index in [4.69, 9.17) is 4.74 Å². The highest BCUT2D eigenvalue weighted by Crippen LogP contribution is 2.37. The second kappa shape index (κ2) is 7.10. The summed E-state index contributed by atoms with van der Waals surface area (Å²) in [6.07, 6.45) is 2.46. The summed E-state index contributed by atoms with van der Waals surface area (Å²) in [5.41, 5.74) is 1.46. The Balaban J connectivity index is 1.33. The number of para-hydroxylation sites is 1. The molecule has 0 spiro atoms. The molecular weight excluding hydrogens is 326 g/mol. The van der Waals surface area contributed by atoms with E-state index >= 15 is 0 Å². The first-order valence-electron chi connectivity index (χ1n) is 7.48. The van der Waals surface area contributed by atoms with Crippen LogP contribution in [0.3, 0.4) is 0 Å². The molecule has 0 unspecified atom stereocenters. The van der Waals surface area contributed by atoms with Crippen molar-refractivity contribution in [2.24, 2.45) is 0 Å². The molecule has 0 aromatic heterocycles. The lowest BCUT2D eigenvalue weighted by Gasteiger charge is -2.36. The van der Waals surface area contributed by atoms with Gasteiger partial charge in [-0.2, -0.15) is 0 Å². The Kier molecular flexibility index (Phi) is 4.94. The zero-order valence-corrected chi connectivity index (χ0v) is 13.6. The number of hydrogen-bond acceptors (Lipinski definition) is 2. The number of nitrogens with one attached hydrogen (secondary N) is 1. The summed E-state index contributed by atoms with van der Waals surface area (Å²) in [5.74, 6) is 1.66. The van der Waals surface area contributed by atoms with Gasteiger partial charge in [-0.1, -0.05) is 46.3 Å². The lowest BCUT2D eigenvalue weighted by atomic mass is 9.76. The number of benzene rings is 2. The average molecular weight is 346 g/mol. The van der Waals surface area contributed by atoms with E-state index in [1.54, 1.807) is 0 Å². The fourth-order valence-corrected chi connectivity index (χ4v) is 3.00. The lowest BCUT2D eigenvalue weighted by molar-refractivity contribution is 0.255. The normalized spacial score (nSPS) is 20.8. The van der Waals surface area contributed by atoms with Crippen LogP contribution < -0.4 is 10.1 Å². The van der Waals surface area contributed by atoms with Gasteiger partial charge >= 0.3 is 0 Å². The molecule has 0 aliphatic heterocycles. The van der Waals surface area contributed by atoms with Crippen molar-refractivity contribution in [1.29, 1.82) is 0 Å². The average Bonchev–Trinajstić information content (AvgIpc) is 2.48. The first-order valence-corrected chi connectivity index (χ1v) is 8.27. The molecule has 3 heteroatoms. The second-order valence-electron chi connectivity index (χ2n) is 5.53. The van der Waals surface area contributed by atoms with E-state index in [-0.39, 0.29) is 0 Å². The molecule has 0 heterocycles. The van der Waals surface area contributed by atoms with Crippen molar-refractivity contribution in [3.63, 3.8) is 0 Å². The van der Waals surface area contributed by atoms with Crippen LogP contribution >= 0.6 is 15.9 Å². The molecule has 110 valence electrons. The van der Waals surface area contributed by atoms with Gasteiger partial charge in [0.2, 0.25) is 0 Å². The molecule has 0 saturated heterocycles. The third-order valence-corrected chi connectivity index (χ3v) is 4.56. The minimum atomic E-state index is 0.637. The van der Waals surface area contributed by atoms with Crippen molar-refractivity contribution >= 4 is 15.9 Å². The summed E-state index contributed by atoms with van der Waals surface area (Å²) in [7, 11) is 0. The molecular formula is C18H20BrNO. The van der Waals surface area contributed by atoms with Gasteiger partial charge < -0.3 is 10.1 Å². The maximum Gasteiger partial charge on any atom is 0.119 e. The Labute approximate surface area is 134 Å². The zero-order chi connectivity index (χ0) is 14.5. The number of ether oxygens (including phenoxy) is 1. The highest BCUT2D eigenvalue weighted by molar-refractivity contribution is 9.10. The number of hydrogen-bond donors (Lipinski definition) is 1. The Bertz CT molecular complexity index is 549. The molecule has 2 aromatic rings. The van der Waals surface area contributed by atoms with Crippen LogP contribution in [0.2, 0.25) is 0 Å². The first-order chi connectivity index (χ1) is 10.3. The molecule has 0 atom stereocenters. The Morgan fingerprint density at radius 3 is 2.43 bits per heavy atom. The molecule has 1 aliphatic rings. The second-order valence-corrected chi connectivity index (χ2v) is 6.45. The van der Waals surface area contributed by atoms with Gasteiger partial charge in [0.05, 0.1) is 0 Å². The third kappa shape index (κ3) is 4.08. The molecule has 1 aliphatic carbocycles. The highest BCUT2D eigenvalue weighted by Gasteiger charge is 2.29. The van der Waals surface area contributed by atoms with E-state index in [0.717, 1.165) is 23.4 Å². The van der Waals surface area contributed by atoms with Gasteiger partial charge in [-0.05, 0) is 48.6 Å². The van der Waals surface area contributed by atoms with Gasteiger partial charge in [0.25, 0.3) is 0 Å². The van der Waals surface area contributed by atoms with Gasteiger partial charge in [-0.25, -0.2) is 0 Å². The van der Waals surface area contributed by atoms with Crippen molar-refractivity contribution in [3.8, 4) is 5.75 Å². The predicted molar refractivity (Wildman–Crippen MR) is 89.8 cm³/mol. The van der Waals surface area contributed by atoms with E-state index in [9.17, 15) is 0 Å². The molecule has 1 N–H and O–H groups in total.